The standard InChI is InChI=1S/C16H15N3O2/c1-21-14-4-2-3-11(7-14)8-16(20)18-13-6-5-12-10-17-19-15(12)9-13/h2-7,9-10H,8H2,1H3,(H,17,19)(H,18,20). The van der Waals surface area contributed by atoms with Crippen LogP contribution in [0.5, 0.6) is 5.75 Å². The van der Waals surface area contributed by atoms with Gasteiger partial charge in [-0.1, -0.05) is 12.1 Å². The first kappa shape index (κ1) is 13.2. The van der Waals surface area contributed by atoms with E-state index in [-0.39, 0.29) is 5.91 Å². The Morgan fingerprint density at radius 1 is 1.29 bits per heavy atom. The molecule has 0 aliphatic heterocycles. The summed E-state index contributed by atoms with van der Waals surface area (Å²) in [6, 6.07) is 13.1. The van der Waals surface area contributed by atoms with Gasteiger partial charge >= 0.3 is 0 Å². The molecular formula is C16H15N3O2. The molecule has 0 bridgehead atoms. The first-order valence-electron chi connectivity index (χ1n) is 6.60. The number of hydrogen-bond acceptors (Lipinski definition) is 3. The Hall–Kier alpha value is -2.82. The van der Waals surface area contributed by atoms with E-state index in [1.807, 2.05) is 42.5 Å². The van der Waals surface area contributed by atoms with Crippen LogP contribution in [0.1, 0.15) is 5.56 Å². The van der Waals surface area contributed by atoms with Crippen molar-refractivity contribution in [3.63, 3.8) is 0 Å². The van der Waals surface area contributed by atoms with Crippen molar-refractivity contribution >= 4 is 22.5 Å². The molecule has 1 aromatic heterocycles. The highest BCUT2D eigenvalue weighted by Gasteiger charge is 2.06. The molecular weight excluding hydrogens is 266 g/mol. The SMILES string of the molecule is COc1cccc(CC(=O)Nc2ccc3cn[nH]c3c2)c1. The van der Waals surface area contributed by atoms with Crippen molar-refractivity contribution in [2.24, 2.45) is 0 Å². The zero-order chi connectivity index (χ0) is 14.7. The van der Waals surface area contributed by atoms with Crippen LogP contribution in [0.15, 0.2) is 48.7 Å². The molecule has 5 nitrogen and oxygen atoms in total. The molecule has 0 spiro atoms. The number of ether oxygens (including phenoxy) is 1. The lowest BCUT2D eigenvalue weighted by atomic mass is 10.1. The van der Waals surface area contributed by atoms with Gasteiger partial charge in [-0.15, -0.1) is 0 Å². The summed E-state index contributed by atoms with van der Waals surface area (Å²) in [7, 11) is 1.61. The normalized spacial score (nSPS) is 10.5. The van der Waals surface area contributed by atoms with Crippen molar-refractivity contribution < 1.29 is 9.53 Å². The second kappa shape index (κ2) is 5.66. The van der Waals surface area contributed by atoms with Crippen LogP contribution in [0.3, 0.4) is 0 Å². The molecule has 106 valence electrons. The molecule has 5 heteroatoms. The number of anilines is 1. The lowest BCUT2D eigenvalue weighted by Gasteiger charge is -2.06. The zero-order valence-corrected chi connectivity index (χ0v) is 11.6. The van der Waals surface area contributed by atoms with Crippen molar-refractivity contribution in [2.45, 2.75) is 6.42 Å². The molecule has 0 saturated carbocycles. The Kier molecular flexibility index (Phi) is 3.55. The van der Waals surface area contributed by atoms with Gasteiger partial charge < -0.3 is 10.1 Å². The van der Waals surface area contributed by atoms with Gasteiger partial charge in [-0.25, -0.2) is 0 Å². The van der Waals surface area contributed by atoms with Crippen LogP contribution >= 0.6 is 0 Å². The van der Waals surface area contributed by atoms with Crippen molar-refractivity contribution in [1.29, 1.82) is 0 Å². The Morgan fingerprint density at radius 2 is 2.19 bits per heavy atom. The molecule has 2 N–H and O–H groups in total. The van der Waals surface area contributed by atoms with E-state index in [0.29, 0.717) is 6.42 Å². The first-order chi connectivity index (χ1) is 10.2. The van der Waals surface area contributed by atoms with Crippen molar-refractivity contribution in [3.8, 4) is 5.75 Å². The zero-order valence-electron chi connectivity index (χ0n) is 11.6. The molecule has 0 aliphatic rings. The molecule has 2 aromatic carbocycles. The molecule has 3 rings (SSSR count). The second-order valence-corrected chi connectivity index (χ2v) is 4.75. The van der Waals surface area contributed by atoms with Gasteiger partial charge in [0.05, 0.1) is 25.2 Å². The number of aromatic nitrogens is 2. The van der Waals surface area contributed by atoms with E-state index in [0.717, 1.165) is 27.9 Å². The number of amides is 1. The highest BCUT2D eigenvalue weighted by Crippen LogP contribution is 2.17. The number of nitrogens with one attached hydrogen (secondary N) is 2. The Bertz CT molecular complexity index is 780. The fourth-order valence-electron chi connectivity index (χ4n) is 2.19. The number of fused-ring (bicyclic) bond motifs is 1. The summed E-state index contributed by atoms with van der Waals surface area (Å²) in [5.41, 5.74) is 2.56. The van der Waals surface area contributed by atoms with Gasteiger partial charge in [-0.2, -0.15) is 5.10 Å². The van der Waals surface area contributed by atoms with Crippen LogP contribution in [0.4, 0.5) is 5.69 Å². The highest BCUT2D eigenvalue weighted by molar-refractivity contribution is 5.94. The Labute approximate surface area is 121 Å². The van der Waals surface area contributed by atoms with Crippen LogP contribution in [-0.2, 0) is 11.2 Å². The van der Waals surface area contributed by atoms with Crippen molar-refractivity contribution in [3.05, 3.63) is 54.2 Å². The number of nitrogens with zero attached hydrogens (tertiary/aromatic N) is 1. The summed E-state index contributed by atoms with van der Waals surface area (Å²) in [4.78, 5) is 12.1. The van der Waals surface area contributed by atoms with Crippen LogP contribution in [0, 0.1) is 0 Å². The van der Waals surface area contributed by atoms with E-state index >= 15 is 0 Å². The van der Waals surface area contributed by atoms with Crippen LogP contribution < -0.4 is 10.1 Å². The third-order valence-electron chi connectivity index (χ3n) is 3.22. The number of carbonyl (C=O) groups excluding carboxylic acids is 1. The molecule has 0 unspecified atom stereocenters. The second-order valence-electron chi connectivity index (χ2n) is 4.75. The average molecular weight is 281 g/mol. The van der Waals surface area contributed by atoms with Gasteiger partial charge in [0, 0.05) is 11.1 Å². The van der Waals surface area contributed by atoms with Gasteiger partial charge in [-0.05, 0) is 35.9 Å². The number of rotatable bonds is 4. The highest BCUT2D eigenvalue weighted by atomic mass is 16.5. The first-order valence-corrected chi connectivity index (χ1v) is 6.60. The maximum Gasteiger partial charge on any atom is 0.228 e. The molecule has 0 saturated heterocycles. The number of benzene rings is 2. The fraction of sp³-hybridized carbons (Fsp3) is 0.125. The summed E-state index contributed by atoms with van der Waals surface area (Å²) in [5.74, 6) is 0.682. The van der Waals surface area contributed by atoms with E-state index in [4.69, 9.17) is 4.74 Å². The quantitative estimate of drug-likeness (QED) is 0.772. The largest absolute Gasteiger partial charge is 0.497 e. The van der Waals surface area contributed by atoms with E-state index < -0.39 is 0 Å². The topological polar surface area (TPSA) is 67.0 Å². The Balaban J connectivity index is 1.70. The van der Waals surface area contributed by atoms with Crippen molar-refractivity contribution in [1.82, 2.24) is 10.2 Å². The van der Waals surface area contributed by atoms with Crippen molar-refractivity contribution in [2.75, 3.05) is 12.4 Å². The fourth-order valence-corrected chi connectivity index (χ4v) is 2.19. The summed E-state index contributed by atoms with van der Waals surface area (Å²) in [6.07, 6.45) is 2.05. The number of carbonyl (C=O) groups is 1. The maximum absolute atomic E-state index is 12.1. The molecule has 1 heterocycles. The molecule has 21 heavy (non-hydrogen) atoms. The van der Waals surface area contributed by atoms with Crippen LogP contribution in [-0.4, -0.2) is 23.2 Å². The maximum atomic E-state index is 12.1. The third kappa shape index (κ3) is 3.02. The van der Waals surface area contributed by atoms with Crippen LogP contribution in [0.2, 0.25) is 0 Å². The summed E-state index contributed by atoms with van der Waals surface area (Å²) < 4.78 is 5.15. The van der Waals surface area contributed by atoms with Gasteiger partial charge in [0.1, 0.15) is 5.75 Å². The minimum Gasteiger partial charge on any atom is -0.497 e. The van der Waals surface area contributed by atoms with E-state index in [1.54, 1.807) is 13.3 Å². The average Bonchev–Trinajstić information content (AvgIpc) is 2.95. The van der Waals surface area contributed by atoms with Crippen LogP contribution in [0.25, 0.3) is 10.9 Å². The number of aromatic amines is 1. The lowest BCUT2D eigenvalue weighted by molar-refractivity contribution is -0.115. The predicted molar refractivity (Wildman–Crippen MR) is 81.4 cm³/mol. The minimum atomic E-state index is -0.0675. The molecule has 3 aromatic rings. The van der Waals surface area contributed by atoms with Gasteiger partial charge in [-0.3, -0.25) is 9.89 Å². The Morgan fingerprint density at radius 3 is 3.05 bits per heavy atom. The lowest BCUT2D eigenvalue weighted by Crippen LogP contribution is -2.14. The minimum absolute atomic E-state index is 0.0675. The molecule has 0 radical (unpaired) electrons. The molecule has 0 atom stereocenters. The summed E-state index contributed by atoms with van der Waals surface area (Å²) in [6.45, 7) is 0. The van der Waals surface area contributed by atoms with Gasteiger partial charge in [0.2, 0.25) is 5.91 Å². The number of hydrogen-bond donors (Lipinski definition) is 2. The van der Waals surface area contributed by atoms with E-state index in [2.05, 4.69) is 15.5 Å². The smallest absolute Gasteiger partial charge is 0.228 e. The van der Waals surface area contributed by atoms with Gasteiger partial charge in [0.25, 0.3) is 0 Å². The number of H-pyrrole nitrogens is 1. The predicted octanol–water partition coefficient (Wildman–Crippen LogP) is 2.75. The number of methoxy groups -OCH3 is 1. The van der Waals surface area contributed by atoms with E-state index in [9.17, 15) is 4.79 Å². The molecule has 0 aliphatic carbocycles. The molecule has 0 fully saturated rings. The summed E-state index contributed by atoms with van der Waals surface area (Å²) >= 11 is 0. The van der Waals surface area contributed by atoms with E-state index in [1.165, 1.54) is 0 Å². The van der Waals surface area contributed by atoms with Gasteiger partial charge in [0.15, 0.2) is 0 Å². The summed E-state index contributed by atoms with van der Waals surface area (Å²) in [5, 5.41) is 10.7. The third-order valence-corrected chi connectivity index (χ3v) is 3.22. The monoisotopic (exact) mass is 281 g/mol. The molecule has 1 amide bonds.